The van der Waals surface area contributed by atoms with E-state index in [-0.39, 0.29) is 21.9 Å². The summed E-state index contributed by atoms with van der Waals surface area (Å²) < 4.78 is 34.0. The van der Waals surface area contributed by atoms with E-state index in [1.165, 1.54) is 36.4 Å². The van der Waals surface area contributed by atoms with E-state index in [0.717, 1.165) is 11.1 Å². The predicted molar refractivity (Wildman–Crippen MR) is 140 cm³/mol. The van der Waals surface area contributed by atoms with Crippen molar-refractivity contribution >= 4 is 39.3 Å². The van der Waals surface area contributed by atoms with Gasteiger partial charge in [0.2, 0.25) is 0 Å². The minimum absolute atomic E-state index is 0.0501. The molecule has 0 heterocycles. The molecule has 8 nitrogen and oxygen atoms in total. The number of carbonyl (C=O) groups is 2. The summed E-state index contributed by atoms with van der Waals surface area (Å²) in [7, 11) is -4.15. The molecule has 0 aliphatic heterocycles. The van der Waals surface area contributed by atoms with Crippen LogP contribution in [0, 0.1) is 0 Å². The molecule has 4 rings (SSSR count). The minimum atomic E-state index is -4.15. The van der Waals surface area contributed by atoms with Gasteiger partial charge in [-0.3, -0.25) is 4.72 Å². The van der Waals surface area contributed by atoms with Crippen molar-refractivity contribution in [3.63, 3.8) is 0 Å². The van der Waals surface area contributed by atoms with Crippen LogP contribution in [0.1, 0.15) is 10.4 Å². The second-order valence-corrected chi connectivity index (χ2v) is 10.0. The Morgan fingerprint density at radius 2 is 1.46 bits per heavy atom. The van der Waals surface area contributed by atoms with E-state index in [9.17, 15) is 23.1 Å². The zero-order valence-corrected chi connectivity index (χ0v) is 20.7. The van der Waals surface area contributed by atoms with Gasteiger partial charge in [0.1, 0.15) is 5.75 Å². The van der Waals surface area contributed by atoms with Crippen molar-refractivity contribution in [3.05, 3.63) is 102 Å². The zero-order valence-electron chi connectivity index (χ0n) is 19.1. The molecule has 0 unspecified atom stereocenters. The van der Waals surface area contributed by atoms with Crippen molar-refractivity contribution in [1.29, 1.82) is 0 Å². The number of carboxylic acid groups (broad SMARTS) is 2. The number of sulfonamides is 1. The lowest BCUT2D eigenvalue weighted by Gasteiger charge is -2.15. The fourth-order valence-electron chi connectivity index (χ4n) is 3.64. The molecule has 188 valence electrons. The van der Waals surface area contributed by atoms with E-state index in [2.05, 4.69) is 4.72 Å². The van der Waals surface area contributed by atoms with Crippen LogP contribution in [0.25, 0.3) is 22.3 Å². The third kappa shape index (κ3) is 6.08. The van der Waals surface area contributed by atoms with Crippen LogP contribution in [0.2, 0.25) is 5.02 Å². The van der Waals surface area contributed by atoms with Crippen molar-refractivity contribution in [2.45, 2.75) is 4.90 Å². The number of nitrogens with one attached hydrogen (secondary N) is 1. The fourth-order valence-corrected chi connectivity index (χ4v) is 4.87. The van der Waals surface area contributed by atoms with E-state index in [4.69, 9.17) is 21.4 Å². The first kappa shape index (κ1) is 25.7. The Bertz CT molecular complexity index is 1570. The first-order valence-electron chi connectivity index (χ1n) is 10.8. The summed E-state index contributed by atoms with van der Waals surface area (Å²) in [5, 5.41) is 18.9. The quantitative estimate of drug-likeness (QED) is 0.252. The monoisotopic (exact) mass is 537 g/mol. The number of hydrogen-bond donors (Lipinski definition) is 3. The molecule has 3 N–H and O–H groups in total. The molecule has 0 aliphatic rings. The minimum Gasteiger partial charge on any atom is -0.481 e. The Balaban J connectivity index is 1.70. The summed E-state index contributed by atoms with van der Waals surface area (Å²) in [5.74, 6) is -2.38. The highest BCUT2D eigenvalue weighted by Gasteiger charge is 2.20. The summed E-state index contributed by atoms with van der Waals surface area (Å²) in [6, 6.07) is 24.2. The Morgan fingerprint density at radius 3 is 2.11 bits per heavy atom. The molecule has 0 radical (unpaired) electrons. The van der Waals surface area contributed by atoms with Crippen LogP contribution in [0.5, 0.6) is 5.75 Å². The van der Waals surface area contributed by atoms with E-state index in [1.54, 1.807) is 24.3 Å². The second kappa shape index (κ2) is 10.7. The average molecular weight is 538 g/mol. The molecule has 0 aliphatic carbocycles. The molecule has 0 saturated heterocycles. The molecule has 10 heteroatoms. The summed E-state index contributed by atoms with van der Waals surface area (Å²) in [6.07, 6.45) is 0. The number of ether oxygens (including phenoxy) is 1. The Labute approximate surface area is 217 Å². The van der Waals surface area contributed by atoms with Crippen LogP contribution >= 0.6 is 11.6 Å². The third-order valence-electron chi connectivity index (χ3n) is 5.37. The van der Waals surface area contributed by atoms with Gasteiger partial charge in [-0.2, -0.15) is 0 Å². The topological polar surface area (TPSA) is 130 Å². The molecule has 0 bridgehead atoms. The number of halogens is 1. The average Bonchev–Trinajstić information content (AvgIpc) is 2.87. The molecule has 0 spiro atoms. The van der Waals surface area contributed by atoms with Crippen molar-refractivity contribution in [3.8, 4) is 28.0 Å². The van der Waals surface area contributed by atoms with Crippen molar-refractivity contribution in [1.82, 2.24) is 0 Å². The maximum Gasteiger partial charge on any atom is 0.341 e. The van der Waals surface area contributed by atoms with Crippen LogP contribution in [0.3, 0.4) is 0 Å². The SMILES string of the molecule is O=C(O)COc1cc(Cl)ccc1-c1ccc(C(=O)O)c(NS(=O)(=O)c2ccc(-c3ccccc3)cc2)c1. The number of rotatable bonds is 9. The second-order valence-electron chi connectivity index (χ2n) is 7.88. The number of benzene rings is 4. The lowest BCUT2D eigenvalue weighted by atomic mass is 10.0. The first-order chi connectivity index (χ1) is 17.6. The molecular formula is C27H20ClNO7S. The highest BCUT2D eigenvalue weighted by Crippen LogP contribution is 2.35. The van der Waals surface area contributed by atoms with E-state index >= 15 is 0 Å². The van der Waals surface area contributed by atoms with E-state index < -0.39 is 28.6 Å². The smallest absolute Gasteiger partial charge is 0.341 e. The summed E-state index contributed by atoms with van der Waals surface area (Å²) in [6.45, 7) is -0.626. The van der Waals surface area contributed by atoms with Gasteiger partial charge in [-0.1, -0.05) is 60.1 Å². The summed E-state index contributed by atoms with van der Waals surface area (Å²) >= 11 is 6.03. The highest BCUT2D eigenvalue weighted by molar-refractivity contribution is 7.92. The normalized spacial score (nSPS) is 11.1. The predicted octanol–water partition coefficient (Wildman–Crippen LogP) is 5.64. The molecule has 0 fully saturated rings. The maximum atomic E-state index is 13.1. The van der Waals surface area contributed by atoms with Crippen molar-refractivity contribution in [2.24, 2.45) is 0 Å². The number of aliphatic carboxylic acids is 1. The summed E-state index contributed by atoms with van der Waals surface area (Å²) in [4.78, 5) is 22.8. The van der Waals surface area contributed by atoms with Crippen LogP contribution < -0.4 is 9.46 Å². The van der Waals surface area contributed by atoms with Gasteiger partial charge in [-0.05, 0) is 59.2 Å². The van der Waals surface area contributed by atoms with Gasteiger partial charge < -0.3 is 14.9 Å². The molecule has 4 aromatic rings. The lowest BCUT2D eigenvalue weighted by molar-refractivity contribution is -0.139. The third-order valence-corrected chi connectivity index (χ3v) is 6.99. The van der Waals surface area contributed by atoms with Crippen LogP contribution in [0.15, 0.2) is 95.9 Å². The Hall–Kier alpha value is -4.34. The maximum absolute atomic E-state index is 13.1. The van der Waals surface area contributed by atoms with Crippen LogP contribution in [-0.2, 0) is 14.8 Å². The van der Waals surface area contributed by atoms with Crippen LogP contribution in [-0.4, -0.2) is 37.2 Å². The molecule has 0 amide bonds. The van der Waals surface area contributed by atoms with Crippen molar-refractivity contribution in [2.75, 3.05) is 11.3 Å². The number of aromatic carboxylic acids is 1. The van der Waals surface area contributed by atoms with Crippen molar-refractivity contribution < 1.29 is 33.0 Å². The van der Waals surface area contributed by atoms with Gasteiger partial charge >= 0.3 is 11.9 Å². The molecule has 0 saturated carbocycles. The fraction of sp³-hybridized carbons (Fsp3) is 0.0370. The molecule has 0 aromatic heterocycles. The van der Waals surface area contributed by atoms with Gasteiger partial charge in [-0.25, -0.2) is 18.0 Å². The van der Waals surface area contributed by atoms with Gasteiger partial charge in [0, 0.05) is 10.6 Å². The lowest BCUT2D eigenvalue weighted by Crippen LogP contribution is -2.15. The molecule has 0 atom stereocenters. The zero-order chi connectivity index (χ0) is 26.6. The van der Waals surface area contributed by atoms with Gasteiger partial charge in [0.15, 0.2) is 6.61 Å². The van der Waals surface area contributed by atoms with Gasteiger partial charge in [-0.15, -0.1) is 0 Å². The highest BCUT2D eigenvalue weighted by atomic mass is 35.5. The molecular weight excluding hydrogens is 518 g/mol. The van der Waals surface area contributed by atoms with Crippen LogP contribution in [0.4, 0.5) is 5.69 Å². The van der Waals surface area contributed by atoms with Gasteiger partial charge in [0.05, 0.1) is 16.1 Å². The summed E-state index contributed by atoms with van der Waals surface area (Å²) in [5.41, 5.74) is 2.09. The Kier molecular flexibility index (Phi) is 7.47. The molecule has 4 aromatic carbocycles. The van der Waals surface area contributed by atoms with E-state index in [1.807, 2.05) is 30.3 Å². The standard InChI is InChI=1S/C27H20ClNO7S/c28-20-9-13-22(25(15-20)36-16-26(30)31)19-8-12-23(27(32)33)24(14-19)29-37(34,35)21-10-6-18(7-11-21)17-4-2-1-3-5-17/h1-15,29H,16H2,(H,30,31)(H,32,33). The number of carboxylic acids is 2. The van der Waals surface area contributed by atoms with Gasteiger partial charge in [0.25, 0.3) is 10.0 Å². The Morgan fingerprint density at radius 1 is 0.811 bits per heavy atom. The van der Waals surface area contributed by atoms with E-state index in [0.29, 0.717) is 16.1 Å². The largest absolute Gasteiger partial charge is 0.481 e. The first-order valence-corrected chi connectivity index (χ1v) is 12.7. The number of anilines is 1. The number of hydrogen-bond acceptors (Lipinski definition) is 5. The molecule has 37 heavy (non-hydrogen) atoms.